The molecule has 224 valence electrons. The number of nitrogens with one attached hydrogen (secondary N) is 4. The van der Waals surface area contributed by atoms with Gasteiger partial charge < -0.3 is 30.2 Å². The van der Waals surface area contributed by atoms with Gasteiger partial charge in [-0.15, -0.1) is 0 Å². The lowest BCUT2D eigenvalue weighted by Gasteiger charge is -2.37. The fourth-order valence-corrected chi connectivity index (χ4v) is 5.45. The molecule has 2 aliphatic heterocycles. The number of ether oxygens (including phenoxy) is 1. The smallest absolute Gasteiger partial charge is 0.410 e. The van der Waals surface area contributed by atoms with Gasteiger partial charge in [0.2, 0.25) is 5.95 Å². The number of rotatable bonds is 5. The van der Waals surface area contributed by atoms with E-state index >= 15 is 0 Å². The number of allylic oxidation sites excluding steroid dienone is 1. The van der Waals surface area contributed by atoms with Gasteiger partial charge in [-0.3, -0.25) is 10.2 Å². The van der Waals surface area contributed by atoms with Crippen molar-refractivity contribution in [1.29, 1.82) is 0 Å². The number of anilines is 3. The highest BCUT2D eigenvalue weighted by Crippen LogP contribution is 2.31. The summed E-state index contributed by atoms with van der Waals surface area (Å²) >= 11 is 0. The second kappa shape index (κ2) is 10.8. The van der Waals surface area contributed by atoms with E-state index in [9.17, 15) is 9.59 Å². The molecule has 1 aromatic carbocycles. The summed E-state index contributed by atoms with van der Waals surface area (Å²) in [6.45, 7) is 11.6. The molecule has 3 aliphatic rings. The number of carbonyl (C=O) groups is 2. The lowest BCUT2D eigenvalue weighted by Crippen LogP contribution is -2.50. The van der Waals surface area contributed by atoms with Crippen LogP contribution in [0.15, 0.2) is 59.5 Å². The van der Waals surface area contributed by atoms with Crippen LogP contribution in [0.25, 0.3) is 11.0 Å². The Kier molecular flexibility index (Phi) is 7.07. The molecule has 1 fully saturated rings. The Bertz CT molecular complexity index is 1660. The molecular formula is C31H37N9O3. The third kappa shape index (κ3) is 5.90. The molecule has 1 aliphatic carbocycles. The summed E-state index contributed by atoms with van der Waals surface area (Å²) in [7, 11) is 0. The number of hydrogen-bond acceptors (Lipinski definition) is 9. The van der Waals surface area contributed by atoms with E-state index in [1.165, 1.54) is 0 Å². The number of carbonyl (C=O) groups excluding carboxylic acids is 2. The fourth-order valence-electron chi connectivity index (χ4n) is 5.45. The van der Waals surface area contributed by atoms with E-state index in [-0.39, 0.29) is 17.9 Å². The number of amides is 2. The summed E-state index contributed by atoms with van der Waals surface area (Å²) in [5.74, 6) is 1.11. The molecule has 6 rings (SSSR count). The lowest BCUT2D eigenvalue weighted by molar-refractivity contribution is 0.0240. The minimum atomic E-state index is -0.566. The van der Waals surface area contributed by atoms with Crippen LogP contribution >= 0.6 is 0 Å². The van der Waals surface area contributed by atoms with Gasteiger partial charge in [0.1, 0.15) is 11.4 Å². The summed E-state index contributed by atoms with van der Waals surface area (Å²) in [6.07, 6.45) is 9.19. The van der Waals surface area contributed by atoms with Crippen LogP contribution in [-0.2, 0) is 4.74 Å². The Balaban J connectivity index is 1.29. The highest BCUT2D eigenvalue weighted by atomic mass is 16.6. The Morgan fingerprint density at radius 1 is 1.16 bits per heavy atom. The number of H-pyrrole nitrogens is 1. The predicted octanol–water partition coefficient (Wildman–Crippen LogP) is 4.21. The van der Waals surface area contributed by atoms with Crippen molar-refractivity contribution < 1.29 is 14.3 Å². The van der Waals surface area contributed by atoms with Gasteiger partial charge in [-0.05, 0) is 70.5 Å². The molecular weight excluding hydrogens is 546 g/mol. The lowest BCUT2D eigenvalue weighted by atomic mass is 9.83. The number of hydrogen-bond donors (Lipinski definition) is 4. The van der Waals surface area contributed by atoms with Gasteiger partial charge in [-0.1, -0.05) is 12.1 Å². The molecule has 0 saturated carbocycles. The van der Waals surface area contributed by atoms with Crippen LogP contribution in [0.4, 0.5) is 22.2 Å². The highest BCUT2D eigenvalue weighted by Gasteiger charge is 2.36. The average molecular weight is 584 g/mol. The van der Waals surface area contributed by atoms with Crippen LogP contribution in [0, 0.1) is 12.8 Å². The van der Waals surface area contributed by atoms with E-state index < -0.39 is 11.1 Å². The van der Waals surface area contributed by atoms with Crippen LogP contribution in [0.5, 0.6) is 0 Å². The molecule has 0 spiro atoms. The van der Waals surface area contributed by atoms with Crippen LogP contribution < -0.4 is 21.0 Å². The third-order valence-corrected chi connectivity index (χ3v) is 7.79. The maximum absolute atomic E-state index is 13.9. The molecule has 2 amide bonds. The number of aromatic nitrogens is 3. The Hall–Kier alpha value is -4.87. The third-order valence-electron chi connectivity index (χ3n) is 7.79. The molecule has 3 aromatic rings. The van der Waals surface area contributed by atoms with Crippen molar-refractivity contribution in [3.8, 4) is 0 Å². The fraction of sp³-hybridized carbons (Fsp3) is 0.387. The quantitative estimate of drug-likeness (QED) is 0.350. The molecule has 2 atom stereocenters. The first-order valence-electron chi connectivity index (χ1n) is 14.5. The number of benzene rings is 1. The van der Waals surface area contributed by atoms with Crippen molar-refractivity contribution in [3.63, 3.8) is 0 Å². The number of aryl methyl sites for hydroxylation is 1. The first-order chi connectivity index (χ1) is 20.5. The zero-order chi connectivity index (χ0) is 30.4. The molecule has 12 nitrogen and oxygen atoms in total. The summed E-state index contributed by atoms with van der Waals surface area (Å²) in [5, 5.41) is 10.6. The van der Waals surface area contributed by atoms with E-state index in [0.29, 0.717) is 60.2 Å². The van der Waals surface area contributed by atoms with Crippen molar-refractivity contribution in [2.45, 2.75) is 45.8 Å². The SMILES string of the molecule is Cc1cccnc1Nc1nc2cc(N3CCN(C(=O)OC(C)(C)C)CC3)c(C(=O)NC3=CC4(C)NN=CC4C=C3)cc2[nH]1. The summed E-state index contributed by atoms with van der Waals surface area (Å²) < 4.78 is 5.57. The van der Waals surface area contributed by atoms with Gasteiger partial charge in [0.05, 0.1) is 27.8 Å². The van der Waals surface area contributed by atoms with Gasteiger partial charge in [-0.25, -0.2) is 14.8 Å². The molecule has 2 aromatic heterocycles. The first kappa shape index (κ1) is 28.3. The van der Waals surface area contributed by atoms with Gasteiger partial charge in [0.25, 0.3) is 5.91 Å². The molecule has 43 heavy (non-hydrogen) atoms. The number of imidazole rings is 1. The zero-order valence-corrected chi connectivity index (χ0v) is 25.1. The monoisotopic (exact) mass is 583 g/mol. The second-order valence-corrected chi connectivity index (χ2v) is 12.3. The van der Waals surface area contributed by atoms with Crippen LogP contribution in [0.1, 0.15) is 43.6 Å². The summed E-state index contributed by atoms with van der Waals surface area (Å²) in [4.78, 5) is 42.8. The molecule has 4 heterocycles. The number of pyridine rings is 1. The number of fused-ring (bicyclic) bond motifs is 2. The molecule has 1 saturated heterocycles. The Morgan fingerprint density at radius 3 is 2.70 bits per heavy atom. The second-order valence-electron chi connectivity index (χ2n) is 12.3. The maximum atomic E-state index is 13.9. The first-order valence-corrected chi connectivity index (χ1v) is 14.5. The Morgan fingerprint density at radius 2 is 1.95 bits per heavy atom. The van der Waals surface area contributed by atoms with E-state index in [4.69, 9.17) is 9.72 Å². The number of piperazine rings is 1. The van der Waals surface area contributed by atoms with Crippen LogP contribution in [-0.4, -0.2) is 75.4 Å². The van der Waals surface area contributed by atoms with Crippen molar-refractivity contribution in [3.05, 3.63) is 65.5 Å². The van der Waals surface area contributed by atoms with E-state index in [1.54, 1.807) is 11.1 Å². The average Bonchev–Trinajstić information content (AvgIpc) is 3.54. The van der Waals surface area contributed by atoms with Gasteiger partial charge in [0.15, 0.2) is 0 Å². The maximum Gasteiger partial charge on any atom is 0.410 e. The van der Waals surface area contributed by atoms with Crippen molar-refractivity contribution in [1.82, 2.24) is 30.6 Å². The largest absolute Gasteiger partial charge is 0.444 e. The number of aromatic amines is 1. The molecule has 4 N–H and O–H groups in total. The van der Waals surface area contributed by atoms with Gasteiger partial charge in [-0.2, -0.15) is 5.10 Å². The van der Waals surface area contributed by atoms with Crippen molar-refractivity contribution >= 4 is 46.7 Å². The van der Waals surface area contributed by atoms with Crippen molar-refractivity contribution in [2.75, 3.05) is 36.4 Å². The van der Waals surface area contributed by atoms with Gasteiger partial charge in [0, 0.05) is 50.2 Å². The van der Waals surface area contributed by atoms with E-state index in [2.05, 4.69) is 36.0 Å². The van der Waals surface area contributed by atoms with Crippen molar-refractivity contribution in [2.24, 2.45) is 11.0 Å². The minimum absolute atomic E-state index is 0.125. The topological polar surface area (TPSA) is 140 Å². The number of hydrazone groups is 1. The highest BCUT2D eigenvalue weighted by molar-refractivity contribution is 6.04. The summed E-state index contributed by atoms with van der Waals surface area (Å²) in [6, 6.07) is 7.61. The van der Waals surface area contributed by atoms with Crippen LogP contribution in [0.2, 0.25) is 0 Å². The van der Waals surface area contributed by atoms with Gasteiger partial charge >= 0.3 is 6.09 Å². The van der Waals surface area contributed by atoms with E-state index in [0.717, 1.165) is 11.3 Å². The molecule has 2 unspecified atom stereocenters. The molecule has 0 bridgehead atoms. The summed E-state index contributed by atoms with van der Waals surface area (Å²) in [5.41, 5.74) is 6.51. The normalized spacial score (nSPS) is 21.3. The zero-order valence-electron chi connectivity index (χ0n) is 25.1. The van der Waals surface area contributed by atoms with Crippen LogP contribution in [0.3, 0.4) is 0 Å². The van der Waals surface area contributed by atoms with E-state index in [1.807, 2.05) is 83.3 Å². The molecule has 0 radical (unpaired) electrons. The number of nitrogens with zero attached hydrogens (tertiary/aromatic N) is 5. The molecule has 12 heteroatoms. The standard InChI is InChI=1S/C31H37N9O3/c1-19-7-6-10-32-26(19)37-28-35-23-15-22(27(41)34-21-9-8-20-18-33-38-31(20,5)17-21)25(16-24(23)36-28)39-11-13-40(14-12-39)29(42)43-30(2,3)4/h6-10,15-18,20,38H,11-14H2,1-5H3,(H,34,41)(H2,32,35,36,37). The Labute approximate surface area is 250 Å². The predicted molar refractivity (Wildman–Crippen MR) is 167 cm³/mol. The minimum Gasteiger partial charge on any atom is -0.444 e.